The van der Waals surface area contributed by atoms with Gasteiger partial charge in [0.2, 0.25) is 0 Å². The summed E-state index contributed by atoms with van der Waals surface area (Å²) in [6, 6.07) is 7.45. The summed E-state index contributed by atoms with van der Waals surface area (Å²) in [4.78, 5) is 31.8. The number of rotatable bonds is 8. The highest BCUT2D eigenvalue weighted by Crippen LogP contribution is 2.32. The molecular weight excluding hydrogens is 403 g/mol. The van der Waals surface area contributed by atoms with Crippen LogP contribution in [0.2, 0.25) is 0 Å². The Bertz CT molecular complexity index is 1000. The van der Waals surface area contributed by atoms with E-state index in [0.29, 0.717) is 22.9 Å². The molecule has 10 heteroatoms. The highest BCUT2D eigenvalue weighted by atomic mass is 32.1. The predicted octanol–water partition coefficient (Wildman–Crippen LogP) is 4.39. The Hall–Kier alpha value is -2.43. The Balaban J connectivity index is 1.96. The highest BCUT2D eigenvalue weighted by molar-refractivity contribution is 7.22. The second-order valence-corrected chi connectivity index (χ2v) is 8.03. The minimum absolute atomic E-state index is 0.0950. The van der Waals surface area contributed by atoms with Crippen LogP contribution >= 0.6 is 22.7 Å². The molecule has 28 heavy (non-hydrogen) atoms. The molecule has 7 nitrogen and oxygen atoms in total. The molecule has 1 aromatic carbocycles. The van der Waals surface area contributed by atoms with Crippen molar-refractivity contribution in [3.05, 3.63) is 51.1 Å². The lowest BCUT2D eigenvalue weighted by Gasteiger charge is -2.24. The standard InChI is InChI=1S/C18H19FN4O3S2/c1-3-21(4-2)10-11-22(17(24)14-8-9-15(27-14)23(25)26)18-20-16-12(19)6-5-7-13(16)28-18/h5-9H,3-4,10-11H2,1-2H3. The molecule has 0 atom stereocenters. The van der Waals surface area contributed by atoms with Crippen LogP contribution in [0.15, 0.2) is 30.3 Å². The molecule has 2 heterocycles. The van der Waals surface area contributed by atoms with Gasteiger partial charge in [0, 0.05) is 19.2 Å². The van der Waals surface area contributed by atoms with Crippen molar-refractivity contribution in [1.82, 2.24) is 9.88 Å². The number of para-hydroxylation sites is 1. The Morgan fingerprint density at radius 3 is 2.54 bits per heavy atom. The SMILES string of the molecule is CCN(CC)CCN(C(=O)c1ccc([N+](=O)[O-])s1)c1nc2c(F)cccc2s1. The van der Waals surface area contributed by atoms with Crippen molar-refractivity contribution in [2.45, 2.75) is 13.8 Å². The number of aromatic nitrogens is 1. The zero-order chi connectivity index (χ0) is 20.3. The van der Waals surface area contributed by atoms with Gasteiger partial charge in [0.05, 0.1) is 14.5 Å². The van der Waals surface area contributed by atoms with Gasteiger partial charge in [-0.25, -0.2) is 9.37 Å². The summed E-state index contributed by atoms with van der Waals surface area (Å²) in [7, 11) is 0. The number of benzene rings is 1. The van der Waals surface area contributed by atoms with E-state index in [4.69, 9.17) is 0 Å². The van der Waals surface area contributed by atoms with E-state index in [1.807, 2.05) is 13.8 Å². The highest BCUT2D eigenvalue weighted by Gasteiger charge is 2.25. The Morgan fingerprint density at radius 1 is 1.18 bits per heavy atom. The first-order valence-electron chi connectivity index (χ1n) is 8.78. The van der Waals surface area contributed by atoms with E-state index in [0.717, 1.165) is 24.4 Å². The zero-order valence-electron chi connectivity index (χ0n) is 15.4. The molecule has 0 N–H and O–H groups in total. The second-order valence-electron chi connectivity index (χ2n) is 5.96. The van der Waals surface area contributed by atoms with Crippen LogP contribution < -0.4 is 4.90 Å². The molecule has 0 aliphatic rings. The zero-order valence-corrected chi connectivity index (χ0v) is 17.1. The number of carbonyl (C=O) groups is 1. The number of halogens is 1. The van der Waals surface area contributed by atoms with Crippen LogP contribution in [0.3, 0.4) is 0 Å². The lowest BCUT2D eigenvalue weighted by Crippen LogP contribution is -2.38. The molecule has 3 rings (SSSR count). The molecule has 0 fully saturated rings. The molecule has 148 valence electrons. The van der Waals surface area contributed by atoms with Gasteiger partial charge in [-0.1, -0.05) is 42.6 Å². The van der Waals surface area contributed by atoms with Crippen molar-refractivity contribution in [1.29, 1.82) is 0 Å². The van der Waals surface area contributed by atoms with E-state index >= 15 is 0 Å². The molecule has 0 radical (unpaired) electrons. The average molecular weight is 423 g/mol. The number of anilines is 1. The summed E-state index contributed by atoms with van der Waals surface area (Å²) < 4.78 is 14.7. The number of nitro groups is 1. The van der Waals surface area contributed by atoms with Gasteiger partial charge in [0.1, 0.15) is 11.3 Å². The third-order valence-corrected chi connectivity index (χ3v) is 6.42. The van der Waals surface area contributed by atoms with Crippen molar-refractivity contribution >= 4 is 48.9 Å². The van der Waals surface area contributed by atoms with Crippen LogP contribution in [0.1, 0.15) is 23.5 Å². The lowest BCUT2D eigenvalue weighted by molar-refractivity contribution is -0.380. The van der Waals surface area contributed by atoms with Gasteiger partial charge in [-0.15, -0.1) is 0 Å². The Labute approximate surface area is 169 Å². The fourth-order valence-corrected chi connectivity index (χ4v) is 4.53. The number of hydrogen-bond acceptors (Lipinski definition) is 7. The first kappa shape index (κ1) is 20.3. The van der Waals surface area contributed by atoms with Crippen molar-refractivity contribution < 1.29 is 14.1 Å². The number of amides is 1. The van der Waals surface area contributed by atoms with E-state index < -0.39 is 10.7 Å². The van der Waals surface area contributed by atoms with Gasteiger partial charge < -0.3 is 4.90 Å². The molecular formula is C18H19FN4O3S2. The van der Waals surface area contributed by atoms with Gasteiger partial charge >= 0.3 is 5.00 Å². The smallest absolute Gasteiger partial charge is 0.302 e. The fraction of sp³-hybridized carbons (Fsp3) is 0.333. The molecule has 0 aliphatic heterocycles. The van der Waals surface area contributed by atoms with Crippen LogP contribution in [-0.4, -0.2) is 46.9 Å². The van der Waals surface area contributed by atoms with Crippen molar-refractivity contribution in [2.75, 3.05) is 31.1 Å². The van der Waals surface area contributed by atoms with Gasteiger partial charge in [0.25, 0.3) is 5.91 Å². The molecule has 2 aromatic heterocycles. The predicted molar refractivity (Wildman–Crippen MR) is 110 cm³/mol. The van der Waals surface area contributed by atoms with Crippen molar-refractivity contribution in [3.63, 3.8) is 0 Å². The number of carbonyl (C=O) groups excluding carboxylic acids is 1. The molecule has 0 spiro atoms. The molecule has 0 bridgehead atoms. The van der Waals surface area contributed by atoms with Gasteiger partial charge in [-0.2, -0.15) is 0 Å². The number of fused-ring (bicyclic) bond motifs is 1. The van der Waals surface area contributed by atoms with Crippen LogP contribution in [0, 0.1) is 15.9 Å². The summed E-state index contributed by atoms with van der Waals surface area (Å²) in [6.45, 7) is 6.70. The van der Waals surface area contributed by atoms with E-state index in [1.165, 1.54) is 34.4 Å². The normalized spacial score (nSPS) is 11.3. The average Bonchev–Trinajstić information content (AvgIpc) is 3.33. The first-order chi connectivity index (χ1) is 13.4. The van der Waals surface area contributed by atoms with Crippen LogP contribution in [0.5, 0.6) is 0 Å². The number of thiophene rings is 1. The van der Waals surface area contributed by atoms with Gasteiger partial charge in [0.15, 0.2) is 5.13 Å². The summed E-state index contributed by atoms with van der Waals surface area (Å²) in [6.07, 6.45) is 0. The summed E-state index contributed by atoms with van der Waals surface area (Å²) in [5.74, 6) is -0.812. The number of thiazole rings is 1. The van der Waals surface area contributed by atoms with E-state index in [-0.39, 0.29) is 21.3 Å². The maximum absolute atomic E-state index is 14.1. The first-order valence-corrected chi connectivity index (χ1v) is 10.4. The maximum atomic E-state index is 14.1. The van der Waals surface area contributed by atoms with Gasteiger partial charge in [-0.3, -0.25) is 19.8 Å². The summed E-state index contributed by atoms with van der Waals surface area (Å²) >= 11 is 2.06. The molecule has 1 amide bonds. The van der Waals surface area contributed by atoms with Gasteiger partial charge in [-0.05, 0) is 31.3 Å². The van der Waals surface area contributed by atoms with Crippen molar-refractivity contribution in [3.8, 4) is 0 Å². The number of likely N-dealkylation sites (N-methyl/N-ethyl adjacent to an activating group) is 1. The molecule has 0 aliphatic carbocycles. The minimum atomic E-state index is -0.519. The quantitative estimate of drug-likeness (QED) is 0.397. The van der Waals surface area contributed by atoms with Crippen molar-refractivity contribution in [2.24, 2.45) is 0 Å². The molecule has 0 saturated heterocycles. The third-order valence-electron chi connectivity index (χ3n) is 4.35. The van der Waals surface area contributed by atoms with Crippen LogP contribution in [-0.2, 0) is 0 Å². The van der Waals surface area contributed by atoms with E-state index in [2.05, 4.69) is 9.88 Å². The molecule has 3 aromatic rings. The molecule has 0 unspecified atom stereocenters. The Morgan fingerprint density at radius 2 is 1.93 bits per heavy atom. The van der Waals surface area contributed by atoms with E-state index in [1.54, 1.807) is 12.1 Å². The number of nitrogens with zero attached hydrogens (tertiary/aromatic N) is 4. The Kier molecular flexibility index (Phi) is 6.32. The van der Waals surface area contributed by atoms with Crippen LogP contribution in [0.4, 0.5) is 14.5 Å². The monoisotopic (exact) mass is 422 g/mol. The third kappa shape index (κ3) is 4.18. The lowest BCUT2D eigenvalue weighted by atomic mass is 10.3. The van der Waals surface area contributed by atoms with E-state index in [9.17, 15) is 19.3 Å². The topological polar surface area (TPSA) is 79.6 Å². The maximum Gasteiger partial charge on any atom is 0.324 e. The fourth-order valence-electron chi connectivity index (χ4n) is 2.76. The largest absolute Gasteiger partial charge is 0.324 e. The summed E-state index contributed by atoms with van der Waals surface area (Å²) in [5.41, 5.74) is 0.222. The number of hydrogen-bond donors (Lipinski definition) is 0. The molecule has 0 saturated carbocycles. The van der Waals surface area contributed by atoms with Crippen LogP contribution in [0.25, 0.3) is 10.2 Å². The second kappa shape index (κ2) is 8.72. The summed E-state index contributed by atoms with van der Waals surface area (Å²) in [5, 5.41) is 11.2. The minimum Gasteiger partial charge on any atom is -0.302 e.